The summed E-state index contributed by atoms with van der Waals surface area (Å²) in [6.07, 6.45) is 3.92. The third kappa shape index (κ3) is 4.26. The minimum atomic E-state index is -0.366. The predicted molar refractivity (Wildman–Crippen MR) is 97.5 cm³/mol. The van der Waals surface area contributed by atoms with Gasteiger partial charge in [-0.05, 0) is 44.2 Å². The summed E-state index contributed by atoms with van der Waals surface area (Å²) in [5.41, 5.74) is 0.812. The van der Waals surface area contributed by atoms with E-state index in [1.165, 1.54) is 0 Å². The van der Waals surface area contributed by atoms with Crippen molar-refractivity contribution in [2.45, 2.75) is 45.1 Å². The van der Waals surface area contributed by atoms with Crippen LogP contribution >= 0.6 is 11.6 Å². The Kier molecular flexibility index (Phi) is 5.97. The number of halogens is 1. The summed E-state index contributed by atoms with van der Waals surface area (Å²) < 4.78 is 5.22. The number of ketones is 1. The van der Waals surface area contributed by atoms with Crippen molar-refractivity contribution >= 4 is 29.3 Å². The number of Topliss-reactive ketones (excluding diaryl/α,β-unsaturated/α-hetero) is 1. The lowest BCUT2D eigenvalue weighted by atomic mass is 9.67. The summed E-state index contributed by atoms with van der Waals surface area (Å²) >= 11 is 6.13. The van der Waals surface area contributed by atoms with E-state index in [1.54, 1.807) is 6.07 Å². The number of nitrogens with one attached hydrogen (secondary N) is 1. The van der Waals surface area contributed by atoms with E-state index < -0.39 is 0 Å². The van der Waals surface area contributed by atoms with Gasteiger partial charge in [-0.3, -0.25) is 14.4 Å². The number of hydrogen-bond acceptors (Lipinski definition) is 4. The molecule has 5 nitrogen and oxygen atoms in total. The summed E-state index contributed by atoms with van der Waals surface area (Å²) in [5.74, 6) is -0.695. The zero-order valence-corrected chi connectivity index (χ0v) is 15.6. The first-order valence-electron chi connectivity index (χ1n) is 9.20. The number of hydrogen-bond donors (Lipinski definition) is 1. The van der Waals surface area contributed by atoms with Gasteiger partial charge in [-0.2, -0.15) is 0 Å². The van der Waals surface area contributed by atoms with Crippen LogP contribution in [0.5, 0.6) is 0 Å². The van der Waals surface area contributed by atoms with Crippen molar-refractivity contribution in [1.82, 2.24) is 5.32 Å². The van der Waals surface area contributed by atoms with E-state index >= 15 is 0 Å². The van der Waals surface area contributed by atoms with E-state index in [9.17, 15) is 14.4 Å². The van der Waals surface area contributed by atoms with Crippen LogP contribution in [0.3, 0.4) is 0 Å². The second-order valence-electron chi connectivity index (χ2n) is 7.31. The Bertz CT molecular complexity index is 689. The van der Waals surface area contributed by atoms with Gasteiger partial charge in [-0.15, -0.1) is 0 Å². The Hall–Kier alpha value is -1.88. The van der Waals surface area contributed by atoms with Gasteiger partial charge in [0.25, 0.3) is 5.91 Å². The number of amides is 1. The van der Waals surface area contributed by atoms with Crippen molar-refractivity contribution in [1.29, 1.82) is 0 Å². The number of carbonyl (C=O) groups is 3. The number of carbonyl (C=O) groups excluding carboxylic acids is 3. The third-order valence-corrected chi connectivity index (χ3v) is 5.82. The molecule has 140 valence electrons. The normalized spacial score (nSPS) is 26.1. The molecule has 2 fully saturated rings. The van der Waals surface area contributed by atoms with Crippen molar-refractivity contribution in [3.63, 3.8) is 0 Å². The van der Waals surface area contributed by atoms with Crippen molar-refractivity contribution in [2.24, 2.45) is 17.8 Å². The van der Waals surface area contributed by atoms with Crippen LogP contribution < -0.4 is 5.32 Å². The van der Waals surface area contributed by atoms with Gasteiger partial charge in [-0.1, -0.05) is 36.2 Å². The second kappa shape index (κ2) is 8.21. The molecule has 2 saturated carbocycles. The highest BCUT2D eigenvalue weighted by atomic mass is 35.5. The molecular formula is C20H24ClNO4. The summed E-state index contributed by atoms with van der Waals surface area (Å²) in [7, 11) is 0. The molecule has 6 heteroatoms. The van der Waals surface area contributed by atoms with E-state index in [0.717, 1.165) is 24.8 Å². The lowest BCUT2D eigenvalue weighted by Gasteiger charge is -2.36. The van der Waals surface area contributed by atoms with E-state index in [1.807, 2.05) is 25.1 Å². The van der Waals surface area contributed by atoms with Gasteiger partial charge in [-0.25, -0.2) is 0 Å². The quantitative estimate of drug-likeness (QED) is 0.797. The number of esters is 1. The maximum atomic E-state index is 12.3. The number of rotatable bonds is 5. The molecule has 2 aliphatic rings. The van der Waals surface area contributed by atoms with Crippen molar-refractivity contribution in [2.75, 3.05) is 6.61 Å². The minimum absolute atomic E-state index is 0.00544. The third-order valence-electron chi connectivity index (χ3n) is 5.48. The topological polar surface area (TPSA) is 72.5 Å². The van der Waals surface area contributed by atoms with Gasteiger partial charge in [0.05, 0.1) is 12.0 Å². The van der Waals surface area contributed by atoms with Crippen LogP contribution in [0.1, 0.15) is 50.6 Å². The fourth-order valence-corrected chi connectivity index (χ4v) is 4.41. The number of fused-ring (bicyclic) bond motifs is 2. The molecule has 1 aromatic rings. The first-order valence-corrected chi connectivity index (χ1v) is 9.57. The van der Waals surface area contributed by atoms with Crippen LogP contribution in [-0.4, -0.2) is 24.3 Å². The first kappa shape index (κ1) is 18.9. The molecule has 0 aromatic heterocycles. The van der Waals surface area contributed by atoms with Gasteiger partial charge in [0, 0.05) is 16.9 Å². The van der Waals surface area contributed by atoms with Gasteiger partial charge in [0.15, 0.2) is 6.61 Å². The van der Waals surface area contributed by atoms with Crippen LogP contribution in [0.25, 0.3) is 0 Å². The second-order valence-corrected chi connectivity index (χ2v) is 7.72. The van der Waals surface area contributed by atoms with Gasteiger partial charge in [0.1, 0.15) is 5.78 Å². The zero-order chi connectivity index (χ0) is 18.7. The van der Waals surface area contributed by atoms with Crippen LogP contribution in [0.4, 0.5) is 0 Å². The highest BCUT2D eigenvalue weighted by Gasteiger charge is 2.41. The highest BCUT2D eigenvalue weighted by Crippen LogP contribution is 2.40. The number of ether oxygens (including phenoxy) is 1. The first-order chi connectivity index (χ1) is 12.5. The van der Waals surface area contributed by atoms with Gasteiger partial charge in [0.2, 0.25) is 0 Å². The zero-order valence-electron chi connectivity index (χ0n) is 14.9. The monoisotopic (exact) mass is 377 g/mol. The lowest BCUT2D eigenvalue weighted by Crippen LogP contribution is -2.40. The van der Waals surface area contributed by atoms with Crippen LogP contribution in [0.2, 0.25) is 5.02 Å². The summed E-state index contributed by atoms with van der Waals surface area (Å²) in [5, 5.41) is 3.37. The molecule has 0 radical (unpaired) electrons. The molecular weight excluding hydrogens is 354 g/mol. The lowest BCUT2D eigenvalue weighted by molar-refractivity contribution is -0.156. The summed E-state index contributed by atoms with van der Waals surface area (Å²) in [6.45, 7) is 1.52. The predicted octanol–water partition coefficient (Wildman–Crippen LogP) is 3.46. The minimum Gasteiger partial charge on any atom is -0.455 e. The fraction of sp³-hybridized carbons (Fsp3) is 0.550. The molecule has 0 heterocycles. The van der Waals surface area contributed by atoms with E-state index in [2.05, 4.69) is 5.32 Å². The Labute approximate surface area is 158 Å². The molecule has 1 aromatic carbocycles. The molecule has 0 aliphatic heterocycles. The van der Waals surface area contributed by atoms with E-state index in [0.29, 0.717) is 23.6 Å². The molecule has 3 rings (SSSR count). The van der Waals surface area contributed by atoms with E-state index in [-0.39, 0.29) is 42.3 Å². The van der Waals surface area contributed by atoms with Crippen LogP contribution in [0, 0.1) is 17.8 Å². The summed E-state index contributed by atoms with van der Waals surface area (Å²) in [6, 6.07) is 7.01. The van der Waals surface area contributed by atoms with Crippen LogP contribution in [-0.2, 0) is 19.1 Å². The average molecular weight is 378 g/mol. The molecule has 26 heavy (non-hydrogen) atoms. The highest BCUT2D eigenvalue weighted by molar-refractivity contribution is 6.31. The molecule has 0 spiro atoms. The fourth-order valence-electron chi connectivity index (χ4n) is 4.11. The molecule has 0 saturated heterocycles. The van der Waals surface area contributed by atoms with Gasteiger partial charge < -0.3 is 10.1 Å². The molecule has 4 atom stereocenters. The van der Waals surface area contributed by atoms with Crippen molar-refractivity contribution in [3.05, 3.63) is 34.9 Å². The Balaban J connectivity index is 1.48. The Morgan fingerprint density at radius 3 is 2.54 bits per heavy atom. The molecule has 1 amide bonds. The number of benzene rings is 1. The summed E-state index contributed by atoms with van der Waals surface area (Å²) in [4.78, 5) is 36.5. The smallest absolute Gasteiger partial charge is 0.309 e. The standard InChI is InChI=1S/C20H24ClNO4/c1-12(16-7-2-3-8-17(16)21)22-18(23)11-26-20(25)15-9-13-5-4-6-14(10-15)19(13)24/h2-3,7-8,12-15H,4-6,9-11H2,1H3,(H,22,23)/t12-,13-,14+,15?/m0/s1. The van der Waals surface area contributed by atoms with E-state index in [4.69, 9.17) is 16.3 Å². The molecule has 1 unspecified atom stereocenters. The molecule has 2 bridgehead atoms. The largest absolute Gasteiger partial charge is 0.455 e. The average Bonchev–Trinajstić information content (AvgIpc) is 2.59. The Morgan fingerprint density at radius 2 is 1.88 bits per heavy atom. The van der Waals surface area contributed by atoms with Crippen LogP contribution in [0.15, 0.2) is 24.3 Å². The molecule has 1 N–H and O–H groups in total. The van der Waals surface area contributed by atoms with Crippen molar-refractivity contribution in [3.8, 4) is 0 Å². The van der Waals surface area contributed by atoms with Gasteiger partial charge >= 0.3 is 5.97 Å². The Morgan fingerprint density at radius 1 is 1.23 bits per heavy atom. The molecule has 2 aliphatic carbocycles. The SMILES string of the molecule is C[C@H](NC(=O)COC(=O)C1C[C@H]2CCC[C@@H](C1)C2=O)c1ccccc1Cl. The van der Waals surface area contributed by atoms with Crippen molar-refractivity contribution < 1.29 is 19.1 Å². The maximum absolute atomic E-state index is 12.3. The maximum Gasteiger partial charge on any atom is 0.309 e.